The highest BCUT2D eigenvalue weighted by Crippen LogP contribution is 2.40. The summed E-state index contributed by atoms with van der Waals surface area (Å²) >= 11 is 0. The molecule has 0 unspecified atom stereocenters. The van der Waals surface area contributed by atoms with Crippen molar-refractivity contribution in [3.8, 4) is 0 Å². The normalized spacial score (nSPS) is 26.8. The molecule has 0 spiro atoms. The van der Waals surface area contributed by atoms with E-state index in [1.165, 1.54) is 13.8 Å². The number of hydrazone groups is 1. The Bertz CT molecular complexity index is 313. The van der Waals surface area contributed by atoms with E-state index in [1.54, 1.807) is 0 Å². The van der Waals surface area contributed by atoms with Crippen molar-refractivity contribution >= 4 is 11.6 Å². The van der Waals surface area contributed by atoms with E-state index >= 15 is 0 Å². The molecule has 1 heterocycles. The molecule has 0 radical (unpaired) electrons. The average Bonchev–Trinajstić information content (AvgIpc) is 2.40. The minimum absolute atomic E-state index is 0.0802. The van der Waals surface area contributed by atoms with Crippen LogP contribution in [0.25, 0.3) is 0 Å². The van der Waals surface area contributed by atoms with Crippen molar-refractivity contribution in [1.82, 2.24) is 5.01 Å². The first-order valence-corrected chi connectivity index (χ1v) is 4.38. The molecule has 0 aromatic carbocycles. The SMILES string of the molecule is CCC(=O)N1N=C(C)C[C@@]1(O)C(F)(F)F. The summed E-state index contributed by atoms with van der Waals surface area (Å²) in [4.78, 5) is 11.2. The van der Waals surface area contributed by atoms with Gasteiger partial charge >= 0.3 is 6.18 Å². The highest BCUT2D eigenvalue weighted by molar-refractivity contribution is 5.88. The number of aliphatic hydroxyl groups is 1. The molecule has 86 valence electrons. The molecule has 4 nitrogen and oxygen atoms in total. The summed E-state index contributed by atoms with van der Waals surface area (Å²) < 4.78 is 37.6. The van der Waals surface area contributed by atoms with Crippen molar-refractivity contribution in [1.29, 1.82) is 0 Å². The second-order valence-corrected chi connectivity index (χ2v) is 3.39. The fourth-order valence-electron chi connectivity index (χ4n) is 1.35. The number of carbonyl (C=O) groups excluding carboxylic acids is 1. The lowest BCUT2D eigenvalue weighted by Crippen LogP contribution is -2.56. The number of rotatable bonds is 1. The Kier molecular flexibility index (Phi) is 2.77. The van der Waals surface area contributed by atoms with Crippen molar-refractivity contribution in [3.05, 3.63) is 0 Å². The van der Waals surface area contributed by atoms with Gasteiger partial charge in [0.25, 0.3) is 5.72 Å². The Morgan fingerprint density at radius 3 is 2.60 bits per heavy atom. The predicted molar refractivity (Wildman–Crippen MR) is 45.9 cm³/mol. The molecule has 0 saturated carbocycles. The topological polar surface area (TPSA) is 52.9 Å². The summed E-state index contributed by atoms with van der Waals surface area (Å²) in [6.45, 7) is 2.74. The number of halogens is 3. The first-order chi connectivity index (χ1) is 6.72. The van der Waals surface area contributed by atoms with Crippen LogP contribution in [0.1, 0.15) is 26.7 Å². The second-order valence-electron chi connectivity index (χ2n) is 3.39. The van der Waals surface area contributed by atoms with E-state index in [0.717, 1.165) is 0 Å². The van der Waals surface area contributed by atoms with Crippen LogP contribution in [0.2, 0.25) is 0 Å². The maximum Gasteiger partial charge on any atom is 0.438 e. The molecule has 0 aliphatic carbocycles. The third-order valence-corrected chi connectivity index (χ3v) is 2.12. The Morgan fingerprint density at radius 1 is 1.67 bits per heavy atom. The molecule has 1 atom stereocenters. The Labute approximate surface area is 84.4 Å². The van der Waals surface area contributed by atoms with Crippen LogP contribution in [0.15, 0.2) is 5.10 Å². The number of amides is 1. The van der Waals surface area contributed by atoms with E-state index in [2.05, 4.69) is 5.10 Å². The highest BCUT2D eigenvalue weighted by atomic mass is 19.4. The summed E-state index contributed by atoms with van der Waals surface area (Å²) in [5, 5.41) is 13.0. The van der Waals surface area contributed by atoms with Gasteiger partial charge in [-0.1, -0.05) is 6.92 Å². The van der Waals surface area contributed by atoms with Gasteiger partial charge in [-0.3, -0.25) is 4.79 Å². The van der Waals surface area contributed by atoms with Crippen LogP contribution in [0.3, 0.4) is 0 Å². The second kappa shape index (κ2) is 3.48. The van der Waals surface area contributed by atoms with Gasteiger partial charge in [-0.25, -0.2) is 0 Å². The zero-order valence-electron chi connectivity index (χ0n) is 8.30. The maximum absolute atomic E-state index is 12.5. The third kappa shape index (κ3) is 1.83. The molecule has 0 fully saturated rings. The highest BCUT2D eigenvalue weighted by Gasteiger charge is 2.62. The van der Waals surface area contributed by atoms with Crippen LogP contribution in [0, 0.1) is 0 Å². The molecule has 0 aromatic heterocycles. The number of alkyl halides is 3. The Morgan fingerprint density at radius 2 is 2.20 bits per heavy atom. The van der Waals surface area contributed by atoms with Crippen LogP contribution in [-0.2, 0) is 4.79 Å². The summed E-state index contributed by atoms with van der Waals surface area (Å²) in [5.74, 6) is -0.855. The molecular weight excluding hydrogens is 213 g/mol. The maximum atomic E-state index is 12.5. The van der Waals surface area contributed by atoms with Gasteiger partial charge in [0.05, 0.1) is 0 Å². The smallest absolute Gasteiger partial charge is 0.362 e. The Hall–Kier alpha value is -1.11. The summed E-state index contributed by atoms with van der Waals surface area (Å²) in [7, 11) is 0. The van der Waals surface area contributed by atoms with E-state index in [0.29, 0.717) is 0 Å². The quantitative estimate of drug-likeness (QED) is 0.728. The van der Waals surface area contributed by atoms with E-state index < -0.39 is 24.2 Å². The van der Waals surface area contributed by atoms with E-state index in [4.69, 9.17) is 0 Å². The first kappa shape index (κ1) is 12.0. The Balaban J connectivity index is 3.07. The van der Waals surface area contributed by atoms with Gasteiger partial charge < -0.3 is 5.11 Å². The van der Waals surface area contributed by atoms with Crippen molar-refractivity contribution in [2.75, 3.05) is 0 Å². The van der Waals surface area contributed by atoms with Crippen LogP contribution in [0.4, 0.5) is 13.2 Å². The zero-order chi connectivity index (χ0) is 11.9. The predicted octanol–water partition coefficient (Wildman–Crippen LogP) is 1.26. The van der Waals surface area contributed by atoms with Gasteiger partial charge in [-0.2, -0.15) is 23.3 Å². The van der Waals surface area contributed by atoms with Crippen LogP contribution in [-0.4, -0.2) is 33.6 Å². The van der Waals surface area contributed by atoms with Crippen LogP contribution < -0.4 is 0 Å². The largest absolute Gasteiger partial charge is 0.438 e. The molecule has 1 N–H and O–H groups in total. The monoisotopic (exact) mass is 224 g/mol. The summed E-state index contributed by atoms with van der Waals surface area (Å²) in [6.07, 6.45) is -5.74. The van der Waals surface area contributed by atoms with E-state index in [9.17, 15) is 23.1 Å². The molecule has 15 heavy (non-hydrogen) atoms. The van der Waals surface area contributed by atoms with Gasteiger partial charge in [-0.15, -0.1) is 0 Å². The summed E-state index contributed by atoms with van der Waals surface area (Å²) in [6, 6.07) is 0. The fourth-order valence-corrected chi connectivity index (χ4v) is 1.35. The molecule has 0 aromatic rings. The third-order valence-electron chi connectivity index (χ3n) is 2.12. The van der Waals surface area contributed by atoms with Gasteiger partial charge in [0.1, 0.15) is 0 Å². The molecule has 0 bridgehead atoms. The lowest BCUT2D eigenvalue weighted by atomic mass is 10.1. The molecule has 1 amide bonds. The molecule has 0 saturated heterocycles. The first-order valence-electron chi connectivity index (χ1n) is 4.38. The average molecular weight is 224 g/mol. The molecular formula is C8H11F3N2O2. The molecule has 7 heteroatoms. The van der Waals surface area contributed by atoms with Crippen LogP contribution in [0.5, 0.6) is 0 Å². The lowest BCUT2D eigenvalue weighted by Gasteiger charge is -2.32. The summed E-state index contributed by atoms with van der Waals surface area (Å²) in [5.41, 5.74) is -3.10. The van der Waals surface area contributed by atoms with Crippen LogP contribution >= 0.6 is 0 Å². The fraction of sp³-hybridized carbons (Fsp3) is 0.750. The van der Waals surface area contributed by atoms with Gasteiger partial charge in [0.2, 0.25) is 5.91 Å². The number of hydrogen-bond donors (Lipinski definition) is 1. The number of hydrogen-bond acceptors (Lipinski definition) is 3. The van der Waals surface area contributed by atoms with Crippen molar-refractivity contribution in [3.63, 3.8) is 0 Å². The van der Waals surface area contributed by atoms with Crippen molar-refractivity contribution in [2.45, 2.75) is 38.6 Å². The molecule has 1 aliphatic rings. The number of carbonyl (C=O) groups is 1. The molecule has 1 aliphatic heterocycles. The lowest BCUT2D eigenvalue weighted by molar-refractivity contribution is -0.302. The minimum atomic E-state index is -4.90. The minimum Gasteiger partial charge on any atom is -0.362 e. The van der Waals surface area contributed by atoms with Gasteiger partial charge in [0.15, 0.2) is 0 Å². The molecule has 1 rings (SSSR count). The standard InChI is InChI=1S/C8H11F3N2O2/c1-3-6(14)13-7(15,8(9,10)11)4-5(2)12-13/h15H,3-4H2,1-2H3/t7-/m1/s1. The van der Waals surface area contributed by atoms with Crippen molar-refractivity contribution in [2.24, 2.45) is 5.10 Å². The van der Waals surface area contributed by atoms with Gasteiger partial charge in [-0.05, 0) is 6.92 Å². The number of nitrogens with zero attached hydrogens (tertiary/aromatic N) is 2. The zero-order valence-corrected chi connectivity index (χ0v) is 8.30. The van der Waals surface area contributed by atoms with E-state index in [-0.39, 0.29) is 17.1 Å². The van der Waals surface area contributed by atoms with E-state index in [1.807, 2.05) is 0 Å². The van der Waals surface area contributed by atoms with Crippen molar-refractivity contribution < 1.29 is 23.1 Å². The van der Waals surface area contributed by atoms with Gasteiger partial charge in [0, 0.05) is 18.6 Å².